The van der Waals surface area contributed by atoms with Crippen molar-refractivity contribution >= 4 is 38.7 Å². The lowest BCUT2D eigenvalue weighted by molar-refractivity contribution is 0.0697. The number of aryl methyl sites for hydroxylation is 1. The van der Waals surface area contributed by atoms with E-state index >= 15 is 4.39 Å². The van der Waals surface area contributed by atoms with Gasteiger partial charge in [0, 0.05) is 35.6 Å². The fraction of sp³-hybridized carbons (Fsp3) is 0.391. The summed E-state index contributed by atoms with van der Waals surface area (Å²) >= 11 is 1.21. The Morgan fingerprint density at radius 3 is 2.84 bits per heavy atom. The third-order valence-corrected chi connectivity index (χ3v) is 8.68. The molecule has 3 N–H and O–H groups in total. The van der Waals surface area contributed by atoms with Crippen LogP contribution < -0.4 is 16.1 Å². The highest BCUT2D eigenvalue weighted by Crippen LogP contribution is 2.50. The lowest BCUT2D eigenvalue weighted by atomic mass is 9.60. The van der Waals surface area contributed by atoms with E-state index in [2.05, 4.69) is 17.1 Å². The summed E-state index contributed by atoms with van der Waals surface area (Å²) in [6.07, 6.45) is 6.42. The number of carbonyl (C=O) groups is 1. The molecule has 3 aromatic rings. The van der Waals surface area contributed by atoms with Crippen LogP contribution in [-0.2, 0) is 0 Å². The number of hydrogen-bond donors (Lipinski definition) is 2. The first-order valence-electron chi connectivity index (χ1n) is 10.5. The van der Waals surface area contributed by atoms with Crippen LogP contribution >= 0.6 is 11.3 Å². The number of allylic oxidation sites excluding steroid dienone is 1. The van der Waals surface area contributed by atoms with Crippen molar-refractivity contribution in [2.45, 2.75) is 25.3 Å². The number of fused-ring (bicyclic) bond motifs is 4. The third-order valence-electron chi connectivity index (χ3n) is 7.61. The molecule has 1 saturated heterocycles. The van der Waals surface area contributed by atoms with Gasteiger partial charge in [-0.25, -0.2) is 9.18 Å². The van der Waals surface area contributed by atoms with Crippen LogP contribution in [0.1, 0.15) is 28.9 Å². The fourth-order valence-corrected chi connectivity index (χ4v) is 7.08. The van der Waals surface area contributed by atoms with Crippen LogP contribution in [0.15, 0.2) is 34.5 Å². The normalized spacial score (nSPS) is 29.3. The van der Waals surface area contributed by atoms with Crippen LogP contribution in [-0.4, -0.2) is 34.1 Å². The van der Waals surface area contributed by atoms with Crippen molar-refractivity contribution in [1.29, 1.82) is 0 Å². The number of benzene rings is 1. The van der Waals surface area contributed by atoms with Gasteiger partial charge < -0.3 is 20.1 Å². The molecule has 4 aliphatic rings. The summed E-state index contributed by atoms with van der Waals surface area (Å²) in [6, 6.07) is 2.91. The predicted octanol–water partition coefficient (Wildman–Crippen LogP) is 3.39. The molecule has 0 spiro atoms. The summed E-state index contributed by atoms with van der Waals surface area (Å²) in [5.41, 5.74) is 7.21. The van der Waals surface area contributed by atoms with Gasteiger partial charge in [-0.2, -0.15) is 0 Å². The number of rotatable bonds is 2. The Bertz CT molecular complexity index is 1380. The number of aromatic nitrogens is 1. The van der Waals surface area contributed by atoms with E-state index in [-0.39, 0.29) is 22.4 Å². The number of carboxylic acids is 1. The standard InChI is InChI=1S/C23H22FN3O3S/c1-11-10-31-21-19(22(29)30)20(28)13-6-16(24)18(7-17(13)27(11)21)26-8-14-12-2-4-23(25,5-3-12)15(14)9-26/h2,4,6-7,10,12,14-15H,3,5,8-9,25H2,1H3,(H,29,30). The number of aromatic carboxylic acids is 1. The van der Waals surface area contributed by atoms with Gasteiger partial charge >= 0.3 is 5.97 Å². The summed E-state index contributed by atoms with van der Waals surface area (Å²) < 4.78 is 17.1. The number of carboxylic acid groups (broad SMARTS) is 1. The third kappa shape index (κ3) is 2.46. The van der Waals surface area contributed by atoms with Crippen molar-refractivity contribution in [3.63, 3.8) is 0 Å². The van der Waals surface area contributed by atoms with Crippen molar-refractivity contribution in [1.82, 2.24) is 4.40 Å². The molecule has 1 saturated carbocycles. The molecule has 4 unspecified atom stereocenters. The van der Waals surface area contributed by atoms with Gasteiger partial charge in [0.2, 0.25) is 5.43 Å². The molecular formula is C23H22FN3O3S. The molecule has 3 heterocycles. The van der Waals surface area contributed by atoms with Crippen LogP contribution in [0.4, 0.5) is 10.1 Å². The quantitative estimate of drug-likeness (QED) is 0.598. The highest BCUT2D eigenvalue weighted by atomic mass is 32.1. The van der Waals surface area contributed by atoms with Gasteiger partial charge in [-0.1, -0.05) is 12.2 Å². The molecule has 7 rings (SSSR count). The van der Waals surface area contributed by atoms with E-state index in [1.54, 1.807) is 10.5 Å². The molecule has 8 heteroatoms. The van der Waals surface area contributed by atoms with E-state index in [1.165, 1.54) is 17.4 Å². The zero-order chi connectivity index (χ0) is 21.7. The lowest BCUT2D eigenvalue weighted by Gasteiger charge is -2.47. The zero-order valence-electron chi connectivity index (χ0n) is 17.0. The first-order valence-corrected chi connectivity index (χ1v) is 11.4. The van der Waals surface area contributed by atoms with E-state index < -0.39 is 17.2 Å². The molecule has 31 heavy (non-hydrogen) atoms. The van der Waals surface area contributed by atoms with Crippen LogP contribution in [0.5, 0.6) is 0 Å². The summed E-state index contributed by atoms with van der Waals surface area (Å²) in [5, 5.41) is 11.5. The highest BCUT2D eigenvalue weighted by Gasteiger charge is 2.52. The van der Waals surface area contributed by atoms with E-state index in [4.69, 9.17) is 5.73 Å². The molecule has 2 aromatic heterocycles. The number of hydrogen-bond acceptors (Lipinski definition) is 5. The molecule has 0 amide bonds. The summed E-state index contributed by atoms with van der Waals surface area (Å²) in [7, 11) is 0. The molecular weight excluding hydrogens is 417 g/mol. The second kappa shape index (κ2) is 6.17. The van der Waals surface area contributed by atoms with E-state index in [0.717, 1.165) is 25.1 Å². The minimum atomic E-state index is -1.30. The minimum absolute atomic E-state index is 0.0892. The monoisotopic (exact) mass is 439 g/mol. The number of nitrogens with two attached hydrogens (primary N) is 1. The molecule has 1 aromatic carbocycles. The molecule has 2 fully saturated rings. The summed E-state index contributed by atoms with van der Waals surface area (Å²) in [4.78, 5) is 27.1. The van der Waals surface area contributed by atoms with Crippen molar-refractivity contribution < 1.29 is 14.3 Å². The smallest absolute Gasteiger partial charge is 0.342 e. The number of halogens is 1. The number of anilines is 1. The first kappa shape index (κ1) is 19.0. The average Bonchev–Trinajstić information content (AvgIpc) is 3.34. The molecule has 0 radical (unpaired) electrons. The second-order valence-corrected chi connectivity index (χ2v) is 10.1. The van der Waals surface area contributed by atoms with E-state index in [0.29, 0.717) is 34.4 Å². The maximum atomic E-state index is 15.3. The Morgan fingerprint density at radius 1 is 1.35 bits per heavy atom. The van der Waals surface area contributed by atoms with Gasteiger partial charge in [0.1, 0.15) is 16.2 Å². The average molecular weight is 440 g/mol. The zero-order valence-corrected chi connectivity index (χ0v) is 17.8. The second-order valence-electron chi connectivity index (χ2n) is 9.20. The van der Waals surface area contributed by atoms with Crippen molar-refractivity contribution in [3.8, 4) is 0 Å². The van der Waals surface area contributed by atoms with Crippen molar-refractivity contribution in [2.24, 2.45) is 23.5 Å². The summed E-state index contributed by atoms with van der Waals surface area (Å²) in [6.45, 7) is 3.27. The maximum Gasteiger partial charge on any atom is 0.342 e. The van der Waals surface area contributed by atoms with Crippen LogP contribution in [0.25, 0.3) is 15.7 Å². The molecule has 160 valence electrons. The van der Waals surface area contributed by atoms with Crippen LogP contribution in [0, 0.1) is 30.5 Å². The molecule has 6 nitrogen and oxygen atoms in total. The SMILES string of the molecule is Cc1csc2c(C(=O)O)c(=O)c3cc(F)c(N4CC5C6C=CC(N)(CC6)C5C4)cc3n12. The van der Waals surface area contributed by atoms with Crippen molar-refractivity contribution in [3.05, 3.63) is 57.0 Å². The van der Waals surface area contributed by atoms with E-state index in [1.807, 2.05) is 12.3 Å². The Balaban J connectivity index is 1.54. The van der Waals surface area contributed by atoms with Crippen molar-refractivity contribution in [2.75, 3.05) is 18.0 Å². The Hall–Kier alpha value is -2.71. The molecule has 4 atom stereocenters. The van der Waals surface area contributed by atoms with Gasteiger partial charge in [0.15, 0.2) is 0 Å². The number of nitrogens with zero attached hydrogens (tertiary/aromatic N) is 2. The topological polar surface area (TPSA) is 88.0 Å². The fourth-order valence-electron chi connectivity index (χ4n) is 6.05. The van der Waals surface area contributed by atoms with Gasteiger partial charge in [-0.3, -0.25) is 4.79 Å². The number of thiazole rings is 1. The lowest BCUT2D eigenvalue weighted by Crippen LogP contribution is -2.55. The van der Waals surface area contributed by atoms with Gasteiger partial charge in [-0.15, -0.1) is 11.3 Å². The van der Waals surface area contributed by atoms with Gasteiger partial charge in [0.05, 0.1) is 16.6 Å². The number of pyridine rings is 1. The predicted molar refractivity (Wildman–Crippen MR) is 119 cm³/mol. The van der Waals surface area contributed by atoms with E-state index in [9.17, 15) is 14.7 Å². The Labute approximate surface area is 181 Å². The summed E-state index contributed by atoms with van der Waals surface area (Å²) in [5.74, 6) is -0.630. The molecule has 3 aliphatic carbocycles. The minimum Gasteiger partial charge on any atom is -0.477 e. The Morgan fingerprint density at radius 2 is 2.16 bits per heavy atom. The van der Waals surface area contributed by atoms with Gasteiger partial charge in [0.25, 0.3) is 0 Å². The maximum absolute atomic E-state index is 15.3. The first-order chi connectivity index (χ1) is 14.8. The van der Waals surface area contributed by atoms with Crippen LogP contribution in [0.2, 0.25) is 0 Å². The Kier molecular flexibility index (Phi) is 3.78. The molecule has 2 bridgehead atoms. The largest absolute Gasteiger partial charge is 0.477 e. The highest BCUT2D eigenvalue weighted by molar-refractivity contribution is 7.16. The van der Waals surface area contributed by atoms with Crippen LogP contribution in [0.3, 0.4) is 0 Å². The van der Waals surface area contributed by atoms with Gasteiger partial charge in [-0.05, 0) is 43.7 Å². The molecule has 1 aliphatic heterocycles.